The van der Waals surface area contributed by atoms with Gasteiger partial charge in [0.2, 0.25) is 0 Å². The fraction of sp³-hybridized carbons (Fsp3) is 0.250. The van der Waals surface area contributed by atoms with Crippen LogP contribution in [0.15, 0.2) is 24.3 Å². The first-order valence-electron chi connectivity index (χ1n) is 4.01. The molecular weight excluding hydrogens is 240 g/mol. The number of methoxy groups -OCH3 is 1. The van der Waals surface area contributed by atoms with Crippen LogP contribution in [0.4, 0.5) is 5.69 Å². The number of rotatable bonds is 4. The summed E-state index contributed by atoms with van der Waals surface area (Å²) in [7, 11) is -0.730. The fourth-order valence-corrected chi connectivity index (χ4v) is 1.80. The van der Waals surface area contributed by atoms with Crippen LogP contribution in [0.2, 0.25) is 0 Å². The smallest absolute Gasteiger partial charge is 0.314 e. The van der Waals surface area contributed by atoms with Crippen LogP contribution >= 0.6 is 11.8 Å². The number of hydrogen-bond donors (Lipinski definition) is 1. The third-order valence-electron chi connectivity index (χ3n) is 1.89. The summed E-state index contributed by atoms with van der Waals surface area (Å²) in [6, 6.07) is 6.56. The zero-order chi connectivity index (χ0) is 11.5. The average Bonchev–Trinajstić information content (AvgIpc) is 2.28. The summed E-state index contributed by atoms with van der Waals surface area (Å²) in [6.07, 6.45) is 0. The second-order valence-electron chi connectivity index (χ2n) is 2.75. The molecule has 0 aliphatic rings. The van der Waals surface area contributed by atoms with Crippen LogP contribution in [0.1, 0.15) is 0 Å². The number of halogens is 1. The third-order valence-corrected chi connectivity index (χ3v) is 3.61. The quantitative estimate of drug-likeness (QED) is 0.815. The molecule has 0 spiro atoms. The van der Waals surface area contributed by atoms with E-state index in [1.54, 1.807) is 28.5 Å². The summed E-state index contributed by atoms with van der Waals surface area (Å²) in [5.41, 5.74) is 0.490. The molecule has 15 heavy (non-hydrogen) atoms. The highest BCUT2D eigenvalue weighted by Gasteiger charge is 2.16. The van der Waals surface area contributed by atoms with Gasteiger partial charge in [-0.1, -0.05) is 0 Å². The van der Waals surface area contributed by atoms with Crippen LogP contribution in [-0.2, 0) is 10.2 Å². The van der Waals surface area contributed by atoms with Crippen molar-refractivity contribution in [3.63, 3.8) is 0 Å². The Balaban J connectivity index is 2.97. The minimum Gasteiger partial charge on any atom is -0.497 e. The molecule has 0 saturated heterocycles. The van der Waals surface area contributed by atoms with Gasteiger partial charge in [-0.2, -0.15) is 8.42 Å². The highest BCUT2D eigenvalue weighted by Crippen LogP contribution is 2.19. The van der Waals surface area contributed by atoms with Gasteiger partial charge in [0, 0.05) is 7.05 Å². The van der Waals surface area contributed by atoms with Gasteiger partial charge >= 0.3 is 10.2 Å². The largest absolute Gasteiger partial charge is 0.497 e. The van der Waals surface area contributed by atoms with Gasteiger partial charge in [-0.3, -0.25) is 4.31 Å². The Morgan fingerprint density at radius 2 is 1.87 bits per heavy atom. The molecular formula is C8H11ClN2O3S. The highest BCUT2D eigenvalue weighted by molar-refractivity contribution is 7.91. The van der Waals surface area contributed by atoms with Crippen molar-refractivity contribution in [3.8, 4) is 5.75 Å². The van der Waals surface area contributed by atoms with E-state index in [9.17, 15) is 8.42 Å². The van der Waals surface area contributed by atoms with Crippen LogP contribution in [0, 0.1) is 0 Å². The Hall–Kier alpha value is -0.980. The van der Waals surface area contributed by atoms with Gasteiger partial charge in [0.05, 0.1) is 12.8 Å². The van der Waals surface area contributed by atoms with E-state index in [0.717, 1.165) is 4.31 Å². The van der Waals surface area contributed by atoms with Gasteiger partial charge in [0.15, 0.2) is 0 Å². The molecule has 0 fully saturated rings. The molecule has 0 atom stereocenters. The van der Waals surface area contributed by atoms with Crippen LogP contribution in [0.5, 0.6) is 5.75 Å². The molecule has 0 bridgehead atoms. The van der Waals surface area contributed by atoms with Gasteiger partial charge < -0.3 is 4.74 Å². The summed E-state index contributed by atoms with van der Waals surface area (Å²) in [5.74, 6) is 0.656. The van der Waals surface area contributed by atoms with Gasteiger partial charge in [-0.15, -0.1) is 4.24 Å². The maximum Gasteiger partial charge on any atom is 0.314 e. The van der Waals surface area contributed by atoms with E-state index in [-0.39, 0.29) is 0 Å². The molecule has 84 valence electrons. The summed E-state index contributed by atoms with van der Waals surface area (Å²) >= 11 is 5.09. The zero-order valence-corrected chi connectivity index (χ0v) is 9.84. The van der Waals surface area contributed by atoms with E-state index in [1.165, 1.54) is 14.2 Å². The summed E-state index contributed by atoms with van der Waals surface area (Å²) in [6.45, 7) is 0. The predicted molar refractivity (Wildman–Crippen MR) is 59.3 cm³/mol. The molecule has 0 radical (unpaired) electrons. The Kier molecular flexibility index (Phi) is 3.78. The van der Waals surface area contributed by atoms with Gasteiger partial charge in [-0.05, 0) is 36.0 Å². The van der Waals surface area contributed by atoms with E-state index < -0.39 is 10.2 Å². The topological polar surface area (TPSA) is 58.6 Å². The van der Waals surface area contributed by atoms with E-state index in [1.807, 2.05) is 0 Å². The number of ether oxygens (including phenoxy) is 1. The summed E-state index contributed by atoms with van der Waals surface area (Å²) < 4.78 is 30.3. The van der Waals surface area contributed by atoms with Crippen molar-refractivity contribution in [2.24, 2.45) is 0 Å². The lowest BCUT2D eigenvalue weighted by Crippen LogP contribution is -2.33. The Labute approximate surface area is 93.9 Å². The first-order chi connectivity index (χ1) is 7.01. The van der Waals surface area contributed by atoms with Crippen LogP contribution in [0.3, 0.4) is 0 Å². The molecule has 0 aliphatic carbocycles. The molecule has 1 rings (SSSR count). The molecule has 1 N–H and O–H groups in total. The number of benzene rings is 1. The van der Waals surface area contributed by atoms with Crippen molar-refractivity contribution in [2.75, 3.05) is 18.5 Å². The van der Waals surface area contributed by atoms with Gasteiger partial charge in [0.25, 0.3) is 0 Å². The number of nitrogens with one attached hydrogen (secondary N) is 1. The van der Waals surface area contributed by atoms with Crippen molar-refractivity contribution >= 4 is 27.7 Å². The zero-order valence-electron chi connectivity index (χ0n) is 8.27. The maximum absolute atomic E-state index is 11.3. The highest BCUT2D eigenvalue weighted by atomic mass is 35.5. The lowest BCUT2D eigenvalue weighted by atomic mass is 10.3. The first kappa shape index (κ1) is 12.1. The second-order valence-corrected chi connectivity index (χ2v) is 4.86. The minimum absolute atomic E-state index is 0.490. The van der Waals surface area contributed by atoms with Crippen molar-refractivity contribution in [3.05, 3.63) is 24.3 Å². The van der Waals surface area contributed by atoms with Crippen molar-refractivity contribution in [1.82, 2.24) is 4.24 Å². The van der Waals surface area contributed by atoms with E-state index in [0.29, 0.717) is 11.4 Å². The summed E-state index contributed by atoms with van der Waals surface area (Å²) in [4.78, 5) is 0. The molecule has 0 aliphatic heterocycles. The fourth-order valence-electron chi connectivity index (χ4n) is 0.983. The second kappa shape index (κ2) is 4.69. The van der Waals surface area contributed by atoms with Gasteiger partial charge in [0.1, 0.15) is 5.75 Å². The van der Waals surface area contributed by atoms with Crippen LogP contribution in [-0.4, -0.2) is 22.6 Å². The summed E-state index contributed by atoms with van der Waals surface area (Å²) in [5, 5.41) is 0. The third kappa shape index (κ3) is 2.74. The predicted octanol–water partition coefficient (Wildman–Crippen LogP) is 1.12. The minimum atomic E-state index is -3.66. The standard InChI is InChI=1S/C8H11ClN2O3S/c1-11(15(12,13)10-9)7-3-5-8(14-2)6-4-7/h3-6,10H,1-2H3. The molecule has 1 aromatic carbocycles. The molecule has 0 aromatic heterocycles. The lowest BCUT2D eigenvalue weighted by Gasteiger charge is -2.17. The molecule has 0 amide bonds. The SMILES string of the molecule is COc1ccc(N(C)S(=O)(=O)NCl)cc1. The van der Waals surface area contributed by atoms with Gasteiger partial charge in [-0.25, -0.2) is 0 Å². The maximum atomic E-state index is 11.3. The Morgan fingerprint density at radius 1 is 1.33 bits per heavy atom. The Bertz CT molecular complexity index is 418. The van der Waals surface area contributed by atoms with E-state index in [4.69, 9.17) is 16.5 Å². The van der Waals surface area contributed by atoms with Crippen LogP contribution in [0.25, 0.3) is 0 Å². The van der Waals surface area contributed by atoms with Crippen molar-refractivity contribution in [2.45, 2.75) is 0 Å². The lowest BCUT2D eigenvalue weighted by molar-refractivity contribution is 0.415. The number of hydrogen-bond acceptors (Lipinski definition) is 3. The number of anilines is 1. The molecule has 0 unspecified atom stereocenters. The van der Waals surface area contributed by atoms with Crippen LogP contribution < -0.4 is 13.3 Å². The van der Waals surface area contributed by atoms with Crippen molar-refractivity contribution in [1.29, 1.82) is 0 Å². The molecule has 0 saturated carbocycles. The number of nitrogens with zero attached hydrogens (tertiary/aromatic N) is 1. The van der Waals surface area contributed by atoms with E-state index >= 15 is 0 Å². The molecule has 1 aromatic rings. The van der Waals surface area contributed by atoms with E-state index in [2.05, 4.69) is 0 Å². The molecule has 0 heterocycles. The Morgan fingerprint density at radius 3 is 2.27 bits per heavy atom. The monoisotopic (exact) mass is 250 g/mol. The van der Waals surface area contributed by atoms with Crippen molar-refractivity contribution < 1.29 is 13.2 Å². The normalized spacial score (nSPS) is 11.1. The first-order valence-corrected chi connectivity index (χ1v) is 5.83. The molecule has 7 heteroatoms. The molecule has 5 nitrogen and oxygen atoms in total. The average molecular weight is 251 g/mol.